The summed E-state index contributed by atoms with van der Waals surface area (Å²) in [5.74, 6) is 5.43. The number of alkyl halides is 3. The van der Waals surface area contributed by atoms with Gasteiger partial charge in [-0.2, -0.15) is 13.2 Å². The molecule has 0 aliphatic carbocycles. The second-order valence-corrected chi connectivity index (χ2v) is 4.57. The summed E-state index contributed by atoms with van der Waals surface area (Å²) >= 11 is 0. The van der Waals surface area contributed by atoms with Crippen molar-refractivity contribution >= 4 is 0 Å². The van der Waals surface area contributed by atoms with Crippen LogP contribution < -0.4 is 11.3 Å². The maximum Gasteiger partial charge on any atom is 0.416 e. The lowest BCUT2D eigenvalue weighted by Gasteiger charge is -2.17. The van der Waals surface area contributed by atoms with Gasteiger partial charge in [-0.15, -0.1) is 0 Å². The van der Waals surface area contributed by atoms with Gasteiger partial charge < -0.3 is 0 Å². The Bertz CT molecular complexity index is 427. The maximum absolute atomic E-state index is 12.6. The number of hydrazine groups is 1. The molecule has 0 aliphatic rings. The summed E-state index contributed by atoms with van der Waals surface area (Å²) in [6.07, 6.45) is -2.38. The summed E-state index contributed by atoms with van der Waals surface area (Å²) in [6.45, 7) is 5.87. The van der Waals surface area contributed by atoms with Crippen LogP contribution in [0.5, 0.6) is 0 Å². The molecule has 1 unspecified atom stereocenters. The Balaban J connectivity index is 2.77. The Morgan fingerprint density at radius 2 is 2.11 bits per heavy atom. The molecule has 1 rings (SSSR count). The van der Waals surface area contributed by atoms with E-state index in [1.165, 1.54) is 12.1 Å². The molecular formula is C14H19F3N2. The molecule has 0 spiro atoms. The third-order valence-electron chi connectivity index (χ3n) is 3.01. The fourth-order valence-corrected chi connectivity index (χ4v) is 1.84. The van der Waals surface area contributed by atoms with Crippen LogP contribution in [0.1, 0.15) is 30.9 Å². The highest BCUT2D eigenvalue weighted by molar-refractivity contribution is 5.26. The third kappa shape index (κ3) is 5.04. The SMILES string of the molecule is C=C(CC)CC(Cc1cccc(C(F)(F)F)c1)NN. The predicted molar refractivity (Wildman–Crippen MR) is 70.3 cm³/mol. The Morgan fingerprint density at radius 1 is 1.42 bits per heavy atom. The van der Waals surface area contributed by atoms with Gasteiger partial charge in [-0.1, -0.05) is 37.3 Å². The Hall–Kier alpha value is -1.33. The third-order valence-corrected chi connectivity index (χ3v) is 3.01. The van der Waals surface area contributed by atoms with Gasteiger partial charge in [0.2, 0.25) is 0 Å². The van der Waals surface area contributed by atoms with E-state index in [0.29, 0.717) is 18.4 Å². The van der Waals surface area contributed by atoms with Crippen molar-refractivity contribution in [2.45, 2.75) is 38.4 Å². The summed E-state index contributed by atoms with van der Waals surface area (Å²) in [5, 5.41) is 0. The monoisotopic (exact) mass is 272 g/mol. The summed E-state index contributed by atoms with van der Waals surface area (Å²) in [6, 6.07) is 5.23. The Kier molecular flexibility index (Phi) is 5.57. The van der Waals surface area contributed by atoms with Gasteiger partial charge in [-0.05, 0) is 30.9 Å². The van der Waals surface area contributed by atoms with E-state index in [0.717, 1.165) is 18.1 Å². The smallest absolute Gasteiger partial charge is 0.271 e. The van der Waals surface area contributed by atoms with Crippen LogP contribution in [0.4, 0.5) is 13.2 Å². The number of nitrogens with one attached hydrogen (secondary N) is 1. The molecule has 0 radical (unpaired) electrons. The van der Waals surface area contributed by atoms with Crippen molar-refractivity contribution in [3.8, 4) is 0 Å². The second kappa shape index (κ2) is 6.73. The van der Waals surface area contributed by atoms with Crippen molar-refractivity contribution in [3.05, 3.63) is 47.5 Å². The molecule has 0 fully saturated rings. The summed E-state index contributed by atoms with van der Waals surface area (Å²) in [7, 11) is 0. The number of nitrogens with two attached hydrogens (primary N) is 1. The predicted octanol–water partition coefficient (Wildman–Crippen LogP) is 3.44. The molecule has 0 saturated carbocycles. The quantitative estimate of drug-likeness (QED) is 0.473. The normalized spacial score (nSPS) is 13.3. The highest BCUT2D eigenvalue weighted by Crippen LogP contribution is 2.29. The molecule has 1 atom stereocenters. The number of rotatable bonds is 6. The lowest BCUT2D eigenvalue weighted by Crippen LogP contribution is -2.37. The zero-order valence-corrected chi connectivity index (χ0v) is 10.9. The zero-order valence-electron chi connectivity index (χ0n) is 10.9. The van der Waals surface area contributed by atoms with Crippen LogP contribution in [-0.2, 0) is 12.6 Å². The molecule has 3 N–H and O–H groups in total. The van der Waals surface area contributed by atoms with E-state index in [1.54, 1.807) is 6.07 Å². The van der Waals surface area contributed by atoms with Gasteiger partial charge in [0.15, 0.2) is 0 Å². The number of halogens is 3. The first-order chi connectivity index (χ1) is 8.86. The zero-order chi connectivity index (χ0) is 14.5. The van der Waals surface area contributed by atoms with Gasteiger partial charge in [0, 0.05) is 6.04 Å². The van der Waals surface area contributed by atoms with Gasteiger partial charge in [-0.25, -0.2) is 0 Å². The standard InChI is InChI=1S/C14H19F3N2/c1-3-10(2)7-13(19-18)9-11-5-4-6-12(8-11)14(15,16)17/h4-6,8,13,19H,2-3,7,9,18H2,1H3. The fourth-order valence-electron chi connectivity index (χ4n) is 1.84. The first-order valence-electron chi connectivity index (χ1n) is 6.15. The highest BCUT2D eigenvalue weighted by atomic mass is 19.4. The summed E-state index contributed by atoms with van der Waals surface area (Å²) < 4.78 is 37.8. The summed E-state index contributed by atoms with van der Waals surface area (Å²) in [5.41, 5.74) is 3.64. The van der Waals surface area contributed by atoms with Crippen molar-refractivity contribution in [2.24, 2.45) is 5.84 Å². The average Bonchev–Trinajstić information content (AvgIpc) is 2.37. The van der Waals surface area contributed by atoms with Crippen molar-refractivity contribution in [1.82, 2.24) is 5.43 Å². The molecule has 106 valence electrons. The number of hydrogen-bond acceptors (Lipinski definition) is 2. The van der Waals surface area contributed by atoms with Crippen LogP contribution in [-0.4, -0.2) is 6.04 Å². The molecule has 1 aromatic rings. The first-order valence-corrected chi connectivity index (χ1v) is 6.15. The molecule has 0 aromatic heterocycles. The van der Waals surface area contributed by atoms with Crippen LogP contribution in [0.25, 0.3) is 0 Å². The molecule has 0 bridgehead atoms. The van der Waals surface area contributed by atoms with Crippen LogP contribution in [0.3, 0.4) is 0 Å². The Labute approximate surface area is 111 Å². The molecule has 0 aliphatic heterocycles. The van der Waals surface area contributed by atoms with Gasteiger partial charge in [0.1, 0.15) is 0 Å². The molecule has 19 heavy (non-hydrogen) atoms. The maximum atomic E-state index is 12.6. The molecule has 1 aromatic carbocycles. The average molecular weight is 272 g/mol. The summed E-state index contributed by atoms with van der Waals surface area (Å²) in [4.78, 5) is 0. The Morgan fingerprint density at radius 3 is 2.63 bits per heavy atom. The minimum absolute atomic E-state index is 0.101. The minimum atomic E-state index is -4.31. The lowest BCUT2D eigenvalue weighted by atomic mass is 9.98. The van der Waals surface area contributed by atoms with Crippen LogP contribution in [0.2, 0.25) is 0 Å². The number of benzene rings is 1. The molecule has 0 amide bonds. The molecule has 0 heterocycles. The highest BCUT2D eigenvalue weighted by Gasteiger charge is 2.30. The van der Waals surface area contributed by atoms with Crippen molar-refractivity contribution in [3.63, 3.8) is 0 Å². The number of hydrogen-bond donors (Lipinski definition) is 2. The van der Waals surface area contributed by atoms with Gasteiger partial charge in [-0.3, -0.25) is 11.3 Å². The molecule has 5 heteroatoms. The first kappa shape index (κ1) is 15.7. The van der Waals surface area contributed by atoms with Crippen molar-refractivity contribution in [2.75, 3.05) is 0 Å². The molecular weight excluding hydrogens is 253 g/mol. The van der Waals surface area contributed by atoms with Gasteiger partial charge in [0.05, 0.1) is 5.56 Å². The topological polar surface area (TPSA) is 38.0 Å². The largest absolute Gasteiger partial charge is 0.416 e. The fraction of sp³-hybridized carbons (Fsp3) is 0.429. The van der Waals surface area contributed by atoms with Crippen molar-refractivity contribution < 1.29 is 13.2 Å². The van der Waals surface area contributed by atoms with Crippen LogP contribution >= 0.6 is 0 Å². The molecule has 2 nitrogen and oxygen atoms in total. The van der Waals surface area contributed by atoms with E-state index >= 15 is 0 Å². The lowest BCUT2D eigenvalue weighted by molar-refractivity contribution is -0.137. The van der Waals surface area contributed by atoms with E-state index in [1.807, 2.05) is 6.92 Å². The van der Waals surface area contributed by atoms with Gasteiger partial charge in [0.25, 0.3) is 0 Å². The minimum Gasteiger partial charge on any atom is -0.271 e. The van der Waals surface area contributed by atoms with Gasteiger partial charge >= 0.3 is 6.18 Å². The van der Waals surface area contributed by atoms with E-state index in [-0.39, 0.29) is 6.04 Å². The van der Waals surface area contributed by atoms with E-state index < -0.39 is 11.7 Å². The second-order valence-electron chi connectivity index (χ2n) is 4.57. The van der Waals surface area contributed by atoms with Crippen LogP contribution in [0.15, 0.2) is 36.4 Å². The van der Waals surface area contributed by atoms with E-state index in [2.05, 4.69) is 12.0 Å². The van der Waals surface area contributed by atoms with E-state index in [9.17, 15) is 13.2 Å². The van der Waals surface area contributed by atoms with Crippen LogP contribution in [0, 0.1) is 0 Å². The van der Waals surface area contributed by atoms with E-state index in [4.69, 9.17) is 5.84 Å². The van der Waals surface area contributed by atoms with Crippen molar-refractivity contribution in [1.29, 1.82) is 0 Å². The molecule has 0 saturated heterocycles.